The number of aromatic nitrogens is 1. The summed E-state index contributed by atoms with van der Waals surface area (Å²) in [6.07, 6.45) is 0. The first-order valence-electron chi connectivity index (χ1n) is 8.78. The number of para-hydroxylation sites is 2. The molecule has 0 aliphatic carbocycles. The predicted molar refractivity (Wildman–Crippen MR) is 108 cm³/mol. The molecule has 3 aromatic carbocycles. The second-order valence-corrected chi connectivity index (χ2v) is 7.90. The highest BCUT2D eigenvalue weighted by molar-refractivity contribution is 8.00. The number of hydrogen-bond acceptors (Lipinski definition) is 2. The number of hydrogen-bond donors (Lipinski definition) is 0. The van der Waals surface area contributed by atoms with E-state index in [0.717, 1.165) is 11.3 Å². The lowest BCUT2D eigenvalue weighted by Crippen LogP contribution is -2.31. The Morgan fingerprint density at radius 1 is 0.846 bits per heavy atom. The fraction of sp³-hybridized carbons (Fsp3) is 0.130. The van der Waals surface area contributed by atoms with Crippen molar-refractivity contribution >= 4 is 22.7 Å². The molecule has 1 aromatic heterocycles. The highest BCUT2D eigenvalue weighted by Crippen LogP contribution is 2.57. The number of nitrogens with zero attached hydrogens (tertiary/aromatic N) is 1. The molecule has 0 N–H and O–H groups in total. The summed E-state index contributed by atoms with van der Waals surface area (Å²) in [5.74, 6) is 0.950. The summed E-state index contributed by atoms with van der Waals surface area (Å²) in [5.41, 5.74) is 4.86. The van der Waals surface area contributed by atoms with Crippen LogP contribution in [0, 0.1) is 6.92 Å². The van der Waals surface area contributed by atoms with E-state index in [4.69, 9.17) is 4.74 Å². The Morgan fingerprint density at radius 2 is 1.54 bits per heavy atom. The molecule has 26 heavy (non-hydrogen) atoms. The molecule has 3 heteroatoms. The molecule has 1 aliphatic heterocycles. The van der Waals surface area contributed by atoms with Gasteiger partial charge in [0.1, 0.15) is 5.75 Å². The Kier molecular flexibility index (Phi) is 3.41. The Labute approximate surface area is 157 Å². The number of rotatable bonds is 2. The first kappa shape index (κ1) is 15.6. The quantitative estimate of drug-likeness (QED) is 0.445. The molecule has 0 amide bonds. The van der Waals surface area contributed by atoms with Crippen molar-refractivity contribution in [1.29, 1.82) is 0 Å². The van der Waals surface area contributed by atoms with Gasteiger partial charge in [-0.15, -0.1) is 0 Å². The third kappa shape index (κ3) is 2.07. The predicted octanol–water partition coefficient (Wildman–Crippen LogP) is 5.87. The van der Waals surface area contributed by atoms with Gasteiger partial charge in [0.2, 0.25) is 4.93 Å². The van der Waals surface area contributed by atoms with Crippen molar-refractivity contribution in [2.24, 2.45) is 7.05 Å². The monoisotopic (exact) mass is 357 g/mol. The first-order chi connectivity index (χ1) is 12.7. The second kappa shape index (κ2) is 5.68. The summed E-state index contributed by atoms with van der Waals surface area (Å²) >= 11 is 1.79. The lowest BCUT2D eigenvalue weighted by Gasteiger charge is -2.30. The van der Waals surface area contributed by atoms with Gasteiger partial charge in [-0.1, -0.05) is 72.4 Å². The topological polar surface area (TPSA) is 14.2 Å². The number of ether oxygens (including phenoxy) is 1. The molecular formula is C23H19NOS. The Hall–Kier alpha value is -2.65. The highest BCUT2D eigenvalue weighted by atomic mass is 32.2. The molecule has 2 nitrogen and oxygen atoms in total. The Balaban J connectivity index is 1.83. The zero-order valence-electron chi connectivity index (χ0n) is 14.8. The molecule has 0 saturated carbocycles. The third-order valence-electron chi connectivity index (χ3n) is 5.18. The maximum absolute atomic E-state index is 6.70. The minimum atomic E-state index is -0.581. The van der Waals surface area contributed by atoms with Crippen molar-refractivity contribution in [3.05, 3.63) is 95.7 Å². The SMILES string of the molecule is Cc1c(C2(c3ccccc3)Oc3ccccc3S2)n(C)c2ccccc12. The molecule has 1 unspecified atom stereocenters. The Morgan fingerprint density at radius 3 is 2.31 bits per heavy atom. The molecule has 0 saturated heterocycles. The molecule has 0 fully saturated rings. The first-order valence-corrected chi connectivity index (χ1v) is 9.59. The maximum Gasteiger partial charge on any atom is 0.225 e. The van der Waals surface area contributed by atoms with Crippen LogP contribution in [-0.4, -0.2) is 4.57 Å². The lowest BCUT2D eigenvalue weighted by atomic mass is 10.0. The number of thioether (sulfide) groups is 1. The van der Waals surface area contributed by atoms with Gasteiger partial charge in [-0.05, 0) is 30.7 Å². The molecule has 128 valence electrons. The van der Waals surface area contributed by atoms with Crippen LogP contribution in [-0.2, 0) is 12.0 Å². The minimum Gasteiger partial charge on any atom is -0.465 e. The summed E-state index contributed by atoms with van der Waals surface area (Å²) in [7, 11) is 2.14. The van der Waals surface area contributed by atoms with Crippen molar-refractivity contribution in [2.45, 2.75) is 16.8 Å². The molecule has 1 aliphatic rings. The van der Waals surface area contributed by atoms with Gasteiger partial charge < -0.3 is 9.30 Å². The van der Waals surface area contributed by atoms with Gasteiger partial charge in [0.05, 0.1) is 10.6 Å². The van der Waals surface area contributed by atoms with E-state index in [0.29, 0.717) is 0 Å². The van der Waals surface area contributed by atoms with Crippen LogP contribution in [0.3, 0.4) is 0 Å². The van der Waals surface area contributed by atoms with E-state index in [2.05, 4.69) is 91.3 Å². The van der Waals surface area contributed by atoms with E-state index >= 15 is 0 Å². The van der Waals surface area contributed by atoms with Gasteiger partial charge in [0.15, 0.2) is 0 Å². The minimum absolute atomic E-state index is 0.581. The van der Waals surface area contributed by atoms with Crippen molar-refractivity contribution in [3.63, 3.8) is 0 Å². The van der Waals surface area contributed by atoms with Crippen LogP contribution in [0.2, 0.25) is 0 Å². The number of aryl methyl sites for hydroxylation is 2. The van der Waals surface area contributed by atoms with E-state index in [-0.39, 0.29) is 0 Å². The average Bonchev–Trinajstić information content (AvgIpc) is 3.19. The van der Waals surface area contributed by atoms with Crippen molar-refractivity contribution in [3.8, 4) is 5.75 Å². The summed E-state index contributed by atoms with van der Waals surface area (Å²) in [6, 6.07) is 27.4. The molecule has 1 atom stereocenters. The number of fused-ring (bicyclic) bond motifs is 2. The summed E-state index contributed by atoms with van der Waals surface area (Å²) < 4.78 is 8.99. The standard InChI is InChI=1S/C23H19NOS/c1-16-18-12-6-7-13-19(18)24(2)22(16)23(17-10-4-3-5-11-17)25-20-14-8-9-15-21(20)26-23/h3-15H,1-2H3. The van der Waals surface area contributed by atoms with E-state index in [1.165, 1.54) is 27.1 Å². The van der Waals surface area contributed by atoms with Crippen LogP contribution >= 0.6 is 11.8 Å². The zero-order valence-corrected chi connectivity index (χ0v) is 15.6. The van der Waals surface area contributed by atoms with Gasteiger partial charge in [0, 0.05) is 23.5 Å². The highest BCUT2D eigenvalue weighted by Gasteiger charge is 2.47. The molecule has 5 rings (SSSR count). The lowest BCUT2D eigenvalue weighted by molar-refractivity contribution is 0.209. The molecular weight excluding hydrogens is 338 g/mol. The third-order valence-corrected chi connectivity index (χ3v) is 6.54. The fourth-order valence-electron chi connectivity index (χ4n) is 4.01. The van der Waals surface area contributed by atoms with Crippen molar-refractivity contribution < 1.29 is 4.74 Å². The van der Waals surface area contributed by atoms with Crippen LogP contribution in [0.5, 0.6) is 5.75 Å². The van der Waals surface area contributed by atoms with Crippen LogP contribution in [0.15, 0.2) is 83.8 Å². The van der Waals surface area contributed by atoms with E-state index in [9.17, 15) is 0 Å². The largest absolute Gasteiger partial charge is 0.465 e. The van der Waals surface area contributed by atoms with Crippen molar-refractivity contribution in [1.82, 2.24) is 4.57 Å². The van der Waals surface area contributed by atoms with Gasteiger partial charge in [-0.25, -0.2) is 0 Å². The van der Waals surface area contributed by atoms with E-state index in [1.807, 2.05) is 6.07 Å². The zero-order chi connectivity index (χ0) is 17.7. The van der Waals surface area contributed by atoms with Crippen LogP contribution in [0.1, 0.15) is 16.8 Å². The van der Waals surface area contributed by atoms with E-state index in [1.54, 1.807) is 11.8 Å². The fourth-order valence-corrected chi connectivity index (χ4v) is 5.45. The van der Waals surface area contributed by atoms with Gasteiger partial charge in [-0.3, -0.25) is 0 Å². The Bertz CT molecular complexity index is 1050. The molecule has 0 bridgehead atoms. The summed E-state index contributed by atoms with van der Waals surface area (Å²) in [4.78, 5) is 0.601. The molecule has 4 aromatic rings. The average molecular weight is 357 g/mol. The normalized spacial score (nSPS) is 18.7. The molecule has 0 spiro atoms. The smallest absolute Gasteiger partial charge is 0.225 e. The maximum atomic E-state index is 6.70. The van der Waals surface area contributed by atoms with Gasteiger partial charge in [0.25, 0.3) is 0 Å². The summed E-state index contributed by atoms with van der Waals surface area (Å²) in [6.45, 7) is 2.20. The van der Waals surface area contributed by atoms with Crippen LogP contribution < -0.4 is 4.74 Å². The second-order valence-electron chi connectivity index (χ2n) is 6.68. The van der Waals surface area contributed by atoms with E-state index < -0.39 is 4.93 Å². The van der Waals surface area contributed by atoms with Crippen LogP contribution in [0.4, 0.5) is 0 Å². The van der Waals surface area contributed by atoms with Gasteiger partial charge in [-0.2, -0.15) is 0 Å². The molecule has 2 heterocycles. The van der Waals surface area contributed by atoms with Crippen LogP contribution in [0.25, 0.3) is 10.9 Å². The van der Waals surface area contributed by atoms with Gasteiger partial charge >= 0.3 is 0 Å². The molecule has 0 radical (unpaired) electrons. The number of benzene rings is 3. The summed E-state index contributed by atoms with van der Waals surface area (Å²) in [5, 5.41) is 1.28. The van der Waals surface area contributed by atoms with Crippen molar-refractivity contribution in [2.75, 3.05) is 0 Å².